The van der Waals surface area contributed by atoms with Gasteiger partial charge in [0.25, 0.3) is 0 Å². The molecule has 7 rings (SSSR count). The molecule has 13 heteroatoms. The molecule has 216 valence electrons. The number of nitrogens with zero attached hydrogens (tertiary/aromatic N) is 8. The summed E-state index contributed by atoms with van der Waals surface area (Å²) in [4.78, 5) is 58.3. The number of pyridine rings is 2. The summed E-state index contributed by atoms with van der Waals surface area (Å²) in [6.07, 6.45) is 8.12. The van der Waals surface area contributed by atoms with E-state index < -0.39 is 0 Å². The summed E-state index contributed by atoms with van der Waals surface area (Å²) in [5, 5.41) is 15.5. The van der Waals surface area contributed by atoms with Crippen molar-refractivity contribution in [2.24, 2.45) is 5.92 Å². The number of nitrogens with one attached hydrogen (secondary N) is 2. The first-order chi connectivity index (χ1) is 20.8. The number of carbonyl (C=O) groups excluding carboxylic acids is 3. The molecule has 2 atom stereocenters. The molecule has 1 aliphatic heterocycles. The number of likely N-dealkylation sites (N-methyl/N-ethyl adjacent to an activating group) is 1. The molecule has 5 heterocycles. The molecule has 0 aromatic carbocycles. The SMILES string of the molecule is Cc1ccc(C#N)c(C2CC2C(=O)Nc2cc(NCc3cn4cc(C5CC5)cc(N5CC(=O)N(C)C5=O)c4n3)ncn2)n1. The highest BCUT2D eigenvalue weighted by molar-refractivity contribution is 6.13. The summed E-state index contributed by atoms with van der Waals surface area (Å²) in [5.41, 5.74) is 5.01. The van der Waals surface area contributed by atoms with Gasteiger partial charge in [0.05, 0.1) is 29.2 Å². The lowest BCUT2D eigenvalue weighted by molar-refractivity contribution is -0.124. The Bertz CT molecular complexity index is 1860. The van der Waals surface area contributed by atoms with Crippen LogP contribution in [-0.4, -0.2) is 60.7 Å². The predicted octanol–water partition coefficient (Wildman–Crippen LogP) is 3.33. The number of aryl methyl sites for hydroxylation is 1. The summed E-state index contributed by atoms with van der Waals surface area (Å²) < 4.78 is 1.91. The van der Waals surface area contributed by atoms with E-state index in [0.29, 0.717) is 58.8 Å². The zero-order valence-electron chi connectivity index (χ0n) is 23.6. The number of anilines is 3. The van der Waals surface area contributed by atoms with E-state index in [4.69, 9.17) is 4.98 Å². The van der Waals surface area contributed by atoms with Gasteiger partial charge in [-0.25, -0.2) is 19.7 Å². The third kappa shape index (κ3) is 5.01. The second-order valence-electron chi connectivity index (χ2n) is 11.3. The Balaban J connectivity index is 1.05. The third-order valence-electron chi connectivity index (χ3n) is 8.16. The number of urea groups is 1. The van der Waals surface area contributed by atoms with Crippen LogP contribution in [0.1, 0.15) is 59.3 Å². The van der Waals surface area contributed by atoms with Crippen LogP contribution in [0.2, 0.25) is 0 Å². The highest BCUT2D eigenvalue weighted by Gasteiger charge is 2.46. The predicted molar refractivity (Wildman–Crippen MR) is 155 cm³/mol. The summed E-state index contributed by atoms with van der Waals surface area (Å²) in [7, 11) is 1.49. The number of nitriles is 1. The molecule has 1 saturated heterocycles. The van der Waals surface area contributed by atoms with Crippen molar-refractivity contribution in [2.75, 3.05) is 29.1 Å². The number of rotatable bonds is 8. The number of carbonyl (C=O) groups is 3. The van der Waals surface area contributed by atoms with Crippen LogP contribution in [-0.2, 0) is 16.1 Å². The van der Waals surface area contributed by atoms with Gasteiger partial charge in [0.1, 0.15) is 30.6 Å². The molecule has 0 spiro atoms. The van der Waals surface area contributed by atoms with Gasteiger partial charge >= 0.3 is 6.03 Å². The molecule has 4 aromatic heterocycles. The highest BCUT2D eigenvalue weighted by atomic mass is 16.2. The number of imidazole rings is 1. The standard InChI is InChI=1S/C30H28N10O3/c1-16-3-4-18(10-31)27(35-16)21-8-22(21)29(42)37-25-9-24(33-15-34-25)32-11-20-13-39-12-19(17-5-6-17)7-23(28(39)36-20)40-14-26(41)38(2)30(40)43/h3-4,7,9,12-13,15,17,21-22H,5-6,8,11,14H2,1-2H3,(H2,32,33,34,37,42). The number of hydrogen-bond acceptors (Lipinski definition) is 9. The Morgan fingerprint density at radius 3 is 2.67 bits per heavy atom. The number of aromatic nitrogens is 5. The van der Waals surface area contributed by atoms with E-state index in [0.717, 1.165) is 29.0 Å². The van der Waals surface area contributed by atoms with E-state index in [2.05, 4.69) is 31.7 Å². The molecule has 2 N–H and O–H groups in total. The first kappa shape index (κ1) is 26.5. The van der Waals surface area contributed by atoms with Gasteiger partial charge in [0, 0.05) is 43.0 Å². The van der Waals surface area contributed by atoms with Crippen LogP contribution in [0.4, 0.5) is 22.1 Å². The van der Waals surface area contributed by atoms with Crippen molar-refractivity contribution >= 4 is 40.8 Å². The van der Waals surface area contributed by atoms with Gasteiger partial charge in [0.15, 0.2) is 5.65 Å². The zero-order valence-corrected chi connectivity index (χ0v) is 23.6. The largest absolute Gasteiger partial charge is 0.364 e. The smallest absolute Gasteiger partial charge is 0.331 e. The second kappa shape index (κ2) is 10.2. The molecule has 3 fully saturated rings. The van der Waals surface area contributed by atoms with E-state index in [1.807, 2.05) is 29.8 Å². The minimum Gasteiger partial charge on any atom is -0.364 e. The molecule has 13 nitrogen and oxygen atoms in total. The van der Waals surface area contributed by atoms with Crippen molar-refractivity contribution in [3.63, 3.8) is 0 Å². The summed E-state index contributed by atoms with van der Waals surface area (Å²) in [6, 6.07) is 8.96. The average molecular weight is 577 g/mol. The van der Waals surface area contributed by atoms with Gasteiger partial charge in [-0.1, -0.05) is 0 Å². The fourth-order valence-electron chi connectivity index (χ4n) is 5.52. The van der Waals surface area contributed by atoms with Crippen molar-refractivity contribution in [2.45, 2.75) is 44.6 Å². The van der Waals surface area contributed by atoms with E-state index in [-0.39, 0.29) is 36.2 Å². The molecule has 0 bridgehead atoms. The van der Waals surface area contributed by atoms with Crippen LogP contribution in [0.15, 0.2) is 43.0 Å². The fourth-order valence-corrected chi connectivity index (χ4v) is 5.52. The maximum atomic E-state index is 13.0. The van der Waals surface area contributed by atoms with Crippen LogP contribution >= 0.6 is 0 Å². The fraction of sp³-hybridized carbons (Fsp3) is 0.333. The van der Waals surface area contributed by atoms with Crippen LogP contribution < -0.4 is 15.5 Å². The monoisotopic (exact) mass is 576 g/mol. The lowest BCUT2D eigenvalue weighted by Gasteiger charge is -2.17. The van der Waals surface area contributed by atoms with Crippen molar-refractivity contribution in [1.82, 2.24) is 29.2 Å². The van der Waals surface area contributed by atoms with Crippen molar-refractivity contribution in [1.29, 1.82) is 5.26 Å². The molecular weight excluding hydrogens is 548 g/mol. The molecule has 4 amide bonds. The Kier molecular flexibility index (Phi) is 6.27. The zero-order chi connectivity index (χ0) is 29.8. The Morgan fingerprint density at radius 1 is 1.12 bits per heavy atom. The van der Waals surface area contributed by atoms with Crippen LogP contribution in [0.25, 0.3) is 5.65 Å². The van der Waals surface area contributed by atoms with E-state index in [9.17, 15) is 19.6 Å². The summed E-state index contributed by atoms with van der Waals surface area (Å²) in [6.45, 7) is 2.18. The van der Waals surface area contributed by atoms with E-state index >= 15 is 0 Å². The minimum absolute atomic E-state index is 0.0163. The molecule has 2 aliphatic carbocycles. The Morgan fingerprint density at radius 2 is 1.93 bits per heavy atom. The second-order valence-corrected chi connectivity index (χ2v) is 11.3. The first-order valence-electron chi connectivity index (χ1n) is 14.1. The van der Waals surface area contributed by atoms with Crippen molar-refractivity contribution in [3.8, 4) is 6.07 Å². The lowest BCUT2D eigenvalue weighted by Crippen LogP contribution is -2.30. The van der Waals surface area contributed by atoms with Gasteiger partial charge in [0.2, 0.25) is 11.8 Å². The van der Waals surface area contributed by atoms with E-state index in [1.54, 1.807) is 18.2 Å². The molecular formula is C30H28N10O3. The maximum absolute atomic E-state index is 13.0. The summed E-state index contributed by atoms with van der Waals surface area (Å²) >= 11 is 0. The normalized spacial score (nSPS) is 19.6. The maximum Gasteiger partial charge on any atom is 0.331 e. The van der Waals surface area contributed by atoms with Gasteiger partial charge in [-0.2, -0.15) is 5.26 Å². The minimum atomic E-state index is -0.365. The average Bonchev–Trinajstić information content (AvgIpc) is 3.93. The van der Waals surface area contributed by atoms with Gasteiger partial charge in [-0.3, -0.25) is 24.4 Å². The van der Waals surface area contributed by atoms with Gasteiger partial charge in [-0.05, 0) is 55.9 Å². The number of hydrogen-bond donors (Lipinski definition) is 2. The summed E-state index contributed by atoms with van der Waals surface area (Å²) in [5.74, 6) is 0.501. The van der Waals surface area contributed by atoms with Crippen molar-refractivity contribution < 1.29 is 14.4 Å². The first-order valence-corrected chi connectivity index (χ1v) is 14.1. The highest BCUT2D eigenvalue weighted by Crippen LogP contribution is 2.48. The Labute approximate surface area is 246 Å². The van der Waals surface area contributed by atoms with Crippen LogP contribution in [0.5, 0.6) is 0 Å². The quantitative estimate of drug-likeness (QED) is 0.300. The number of imide groups is 1. The molecule has 43 heavy (non-hydrogen) atoms. The third-order valence-corrected chi connectivity index (χ3v) is 8.16. The van der Waals surface area contributed by atoms with Crippen LogP contribution in [0.3, 0.4) is 0 Å². The molecule has 4 aromatic rings. The van der Waals surface area contributed by atoms with E-state index in [1.165, 1.54) is 18.3 Å². The molecule has 2 saturated carbocycles. The molecule has 0 radical (unpaired) electrons. The number of amides is 4. The number of fused-ring (bicyclic) bond motifs is 1. The topological polar surface area (TPSA) is 162 Å². The van der Waals surface area contributed by atoms with Gasteiger partial charge < -0.3 is 15.0 Å². The Hall–Kier alpha value is -5.38. The van der Waals surface area contributed by atoms with Crippen molar-refractivity contribution in [3.05, 3.63) is 71.2 Å². The lowest BCUT2D eigenvalue weighted by atomic mass is 10.1. The molecule has 3 aliphatic rings. The molecule has 2 unspecified atom stereocenters. The van der Waals surface area contributed by atoms with Crippen LogP contribution in [0, 0.1) is 24.2 Å². The van der Waals surface area contributed by atoms with Gasteiger partial charge in [-0.15, -0.1) is 0 Å².